The van der Waals surface area contributed by atoms with Gasteiger partial charge in [-0.3, -0.25) is 14.2 Å². The number of hydrogen-bond acceptors (Lipinski definition) is 8. The van der Waals surface area contributed by atoms with Crippen LogP contribution in [-0.4, -0.2) is 70.0 Å². The SMILES string of the molecule is CC/C=C\C/C=C\C/C=C\C/C=C\C/C=C\CCCCCCCCCCCCCCCC(=O)OC(COC(=O)CCCCCCCC)COP(=O)([O-])OCC[N+](C)(C)C. The van der Waals surface area contributed by atoms with Gasteiger partial charge in [0, 0.05) is 12.8 Å². The van der Waals surface area contributed by atoms with Gasteiger partial charge >= 0.3 is 11.9 Å². The number of hydrogen-bond donors (Lipinski definition) is 0. The fourth-order valence-electron chi connectivity index (χ4n) is 6.15. The molecule has 0 aliphatic carbocycles. The molecule has 9 nitrogen and oxygen atoms in total. The van der Waals surface area contributed by atoms with Crippen LogP contribution in [0.15, 0.2) is 60.8 Å². The van der Waals surface area contributed by atoms with Crippen molar-refractivity contribution < 1.29 is 42.1 Å². The number of unbranched alkanes of at least 4 members (excludes halogenated alkanes) is 18. The van der Waals surface area contributed by atoms with Crippen molar-refractivity contribution in [3.63, 3.8) is 0 Å². The Labute approximate surface area is 362 Å². The summed E-state index contributed by atoms with van der Waals surface area (Å²) in [5.74, 6) is -0.846. The first-order valence-corrected chi connectivity index (χ1v) is 25.0. The summed E-state index contributed by atoms with van der Waals surface area (Å²) in [5, 5.41) is 0. The van der Waals surface area contributed by atoms with E-state index < -0.39 is 32.5 Å². The third-order valence-corrected chi connectivity index (χ3v) is 10.8. The Hall–Kier alpha value is -2.29. The van der Waals surface area contributed by atoms with Crippen LogP contribution < -0.4 is 4.89 Å². The summed E-state index contributed by atoms with van der Waals surface area (Å²) in [5.41, 5.74) is 0. The highest BCUT2D eigenvalue weighted by atomic mass is 31.2. The summed E-state index contributed by atoms with van der Waals surface area (Å²) in [4.78, 5) is 37.3. The van der Waals surface area contributed by atoms with E-state index in [1.165, 1.54) is 70.6 Å². The number of quaternary nitrogens is 1. The Balaban J connectivity index is 4.03. The predicted molar refractivity (Wildman–Crippen MR) is 245 cm³/mol. The summed E-state index contributed by atoms with van der Waals surface area (Å²) in [6.45, 7) is 4.04. The molecule has 0 spiro atoms. The zero-order chi connectivity index (χ0) is 43.6. The molecule has 0 saturated carbocycles. The van der Waals surface area contributed by atoms with Crippen molar-refractivity contribution >= 4 is 19.8 Å². The standard InChI is InChI=1S/C49H88NO8P/c1-6-8-10-12-14-15-16-17-18-19-20-21-22-23-24-25-26-27-28-29-30-31-32-33-34-35-36-38-40-42-49(52)58-47(45-55-48(51)41-39-37-13-11-9-7-2)46-57-59(53,54)56-44-43-50(3,4)5/h8,10,14-15,17-18,20-21,23-24,47H,6-7,9,11-13,16,19,22,25-46H2,1-5H3/b10-8-,15-14-,18-17-,21-20-,24-23-. The van der Waals surface area contributed by atoms with Gasteiger partial charge in [-0.2, -0.15) is 0 Å². The zero-order valence-electron chi connectivity index (χ0n) is 38.4. The molecule has 0 aromatic carbocycles. The molecular formula is C49H88NO8P. The van der Waals surface area contributed by atoms with Crippen LogP contribution in [0.4, 0.5) is 0 Å². The van der Waals surface area contributed by atoms with E-state index in [4.69, 9.17) is 18.5 Å². The molecular weight excluding hydrogens is 762 g/mol. The molecule has 0 aromatic heterocycles. The van der Waals surface area contributed by atoms with Crippen LogP contribution in [-0.2, 0) is 32.7 Å². The quantitative estimate of drug-likeness (QED) is 0.0196. The summed E-state index contributed by atoms with van der Waals surface area (Å²) < 4.78 is 33.7. The van der Waals surface area contributed by atoms with E-state index in [-0.39, 0.29) is 26.1 Å². The van der Waals surface area contributed by atoms with Gasteiger partial charge in [0.2, 0.25) is 0 Å². The molecule has 0 heterocycles. The van der Waals surface area contributed by atoms with Gasteiger partial charge in [-0.1, -0.05) is 177 Å². The number of carbonyl (C=O) groups excluding carboxylic acids is 2. The minimum atomic E-state index is -4.62. The van der Waals surface area contributed by atoms with E-state index in [1.54, 1.807) is 0 Å². The van der Waals surface area contributed by atoms with Crippen LogP contribution in [0.2, 0.25) is 0 Å². The Morgan fingerprint density at radius 3 is 1.44 bits per heavy atom. The van der Waals surface area contributed by atoms with Crippen molar-refractivity contribution in [1.29, 1.82) is 0 Å². The fraction of sp³-hybridized carbons (Fsp3) is 0.755. The average molecular weight is 850 g/mol. The maximum Gasteiger partial charge on any atom is 0.306 e. The average Bonchev–Trinajstić information content (AvgIpc) is 3.19. The van der Waals surface area contributed by atoms with Gasteiger partial charge in [0.15, 0.2) is 6.10 Å². The van der Waals surface area contributed by atoms with Gasteiger partial charge in [-0.25, -0.2) is 0 Å². The normalized spacial score (nSPS) is 14.1. The van der Waals surface area contributed by atoms with Crippen molar-refractivity contribution in [2.45, 2.75) is 193 Å². The van der Waals surface area contributed by atoms with E-state index in [0.29, 0.717) is 17.4 Å². The second-order valence-corrected chi connectivity index (χ2v) is 18.2. The number of esters is 2. The van der Waals surface area contributed by atoms with E-state index in [0.717, 1.165) is 83.5 Å². The van der Waals surface area contributed by atoms with E-state index in [9.17, 15) is 19.0 Å². The number of phosphoric acid groups is 1. The van der Waals surface area contributed by atoms with Gasteiger partial charge < -0.3 is 27.9 Å². The first kappa shape index (κ1) is 56.7. The molecule has 0 aliphatic rings. The van der Waals surface area contributed by atoms with Crippen molar-refractivity contribution in [2.24, 2.45) is 0 Å². The first-order valence-electron chi connectivity index (χ1n) is 23.5. The van der Waals surface area contributed by atoms with Crippen LogP contribution in [0.1, 0.15) is 187 Å². The lowest BCUT2D eigenvalue weighted by molar-refractivity contribution is -0.870. The highest BCUT2D eigenvalue weighted by Gasteiger charge is 2.21. The van der Waals surface area contributed by atoms with Gasteiger partial charge in [-0.15, -0.1) is 0 Å². The molecule has 2 atom stereocenters. The Kier molecular flexibility index (Phi) is 39.5. The molecule has 0 aliphatic heterocycles. The number of carbonyl (C=O) groups is 2. The zero-order valence-corrected chi connectivity index (χ0v) is 39.3. The Morgan fingerprint density at radius 2 is 0.966 bits per heavy atom. The number of ether oxygens (including phenoxy) is 2. The summed E-state index contributed by atoms with van der Waals surface area (Å²) >= 11 is 0. The fourth-order valence-corrected chi connectivity index (χ4v) is 6.88. The number of allylic oxidation sites excluding steroid dienone is 10. The topological polar surface area (TPSA) is 111 Å². The largest absolute Gasteiger partial charge is 0.756 e. The van der Waals surface area contributed by atoms with Crippen LogP contribution in [0.25, 0.3) is 0 Å². The molecule has 0 amide bonds. The lowest BCUT2D eigenvalue weighted by Gasteiger charge is -2.28. The summed E-state index contributed by atoms with van der Waals surface area (Å²) in [6.07, 6.45) is 50.1. The van der Waals surface area contributed by atoms with Crippen molar-refractivity contribution in [1.82, 2.24) is 0 Å². The lowest BCUT2D eigenvalue weighted by Crippen LogP contribution is -2.37. The molecule has 342 valence electrons. The maximum atomic E-state index is 12.6. The number of phosphoric ester groups is 1. The molecule has 0 radical (unpaired) electrons. The van der Waals surface area contributed by atoms with Gasteiger partial charge in [-0.05, 0) is 57.8 Å². The van der Waals surface area contributed by atoms with Crippen LogP contribution in [0.3, 0.4) is 0 Å². The molecule has 2 unspecified atom stereocenters. The monoisotopic (exact) mass is 850 g/mol. The van der Waals surface area contributed by atoms with Crippen molar-refractivity contribution in [3.05, 3.63) is 60.8 Å². The molecule has 0 saturated heterocycles. The van der Waals surface area contributed by atoms with E-state index >= 15 is 0 Å². The molecule has 59 heavy (non-hydrogen) atoms. The number of nitrogens with zero attached hydrogens (tertiary/aromatic N) is 1. The van der Waals surface area contributed by atoms with Crippen molar-refractivity contribution in [3.8, 4) is 0 Å². The second-order valence-electron chi connectivity index (χ2n) is 16.7. The van der Waals surface area contributed by atoms with Crippen molar-refractivity contribution in [2.75, 3.05) is 47.5 Å². The smallest absolute Gasteiger partial charge is 0.306 e. The highest BCUT2D eigenvalue weighted by Crippen LogP contribution is 2.38. The van der Waals surface area contributed by atoms with E-state index in [2.05, 4.69) is 74.6 Å². The summed E-state index contributed by atoms with van der Waals surface area (Å²) in [6, 6.07) is 0. The number of rotatable bonds is 42. The predicted octanol–water partition coefficient (Wildman–Crippen LogP) is 13.0. The van der Waals surface area contributed by atoms with Crippen LogP contribution >= 0.6 is 7.82 Å². The van der Waals surface area contributed by atoms with Crippen LogP contribution in [0.5, 0.6) is 0 Å². The molecule has 0 bridgehead atoms. The highest BCUT2D eigenvalue weighted by molar-refractivity contribution is 7.45. The molecule has 10 heteroatoms. The van der Waals surface area contributed by atoms with E-state index in [1.807, 2.05) is 21.1 Å². The Morgan fingerprint density at radius 1 is 0.542 bits per heavy atom. The third kappa shape index (κ3) is 45.1. The third-order valence-electron chi connectivity index (χ3n) is 9.80. The lowest BCUT2D eigenvalue weighted by atomic mass is 10.0. The molecule has 0 aromatic rings. The maximum absolute atomic E-state index is 12.6. The molecule has 0 fully saturated rings. The number of likely N-dealkylation sites (N-methyl/N-ethyl adjacent to an activating group) is 1. The van der Waals surface area contributed by atoms with Gasteiger partial charge in [0.1, 0.15) is 19.8 Å². The first-order chi connectivity index (χ1) is 28.5. The summed E-state index contributed by atoms with van der Waals surface area (Å²) in [7, 11) is 1.16. The molecule has 0 N–H and O–H groups in total. The van der Waals surface area contributed by atoms with Gasteiger partial charge in [0.05, 0.1) is 27.7 Å². The van der Waals surface area contributed by atoms with Crippen LogP contribution in [0, 0.1) is 0 Å². The minimum absolute atomic E-state index is 0.0319. The Bertz CT molecular complexity index is 1190. The van der Waals surface area contributed by atoms with Gasteiger partial charge in [0.25, 0.3) is 7.82 Å². The molecule has 0 rings (SSSR count). The second kappa shape index (κ2) is 41.1. The minimum Gasteiger partial charge on any atom is -0.756 e.